The quantitative estimate of drug-likeness (QED) is 0.548. The highest BCUT2D eigenvalue weighted by atomic mass is 19.1. The molecule has 0 aromatic carbocycles. The van der Waals surface area contributed by atoms with Crippen molar-refractivity contribution in [2.45, 2.75) is 66.5 Å². The second-order valence-electron chi connectivity index (χ2n) is 3.17. The van der Waals surface area contributed by atoms with E-state index in [2.05, 4.69) is 20.8 Å². The highest BCUT2D eigenvalue weighted by Crippen LogP contribution is 2.28. The standard InChI is InChI=1S/C5H9F.C4H10.C2H6/c1-4-2-5(6)3-4;1-3-4-2;1-2/h4-5H,2-3H2,1H3;3-4H2,1-2H3;1-2H3. The van der Waals surface area contributed by atoms with E-state index in [-0.39, 0.29) is 0 Å². The predicted molar refractivity (Wildman–Crippen MR) is 55.2 cm³/mol. The lowest BCUT2D eigenvalue weighted by atomic mass is 9.85. The minimum atomic E-state index is -0.458. The van der Waals surface area contributed by atoms with Crippen molar-refractivity contribution in [2.24, 2.45) is 5.92 Å². The third kappa shape index (κ3) is 9.93. The van der Waals surface area contributed by atoms with Crippen LogP contribution >= 0.6 is 0 Å². The summed E-state index contributed by atoms with van der Waals surface area (Å²) in [6.45, 7) is 10.4. The van der Waals surface area contributed by atoms with Crippen LogP contribution in [-0.4, -0.2) is 6.17 Å². The fourth-order valence-corrected chi connectivity index (χ4v) is 0.804. The minimum absolute atomic E-state index is 0.458. The number of halogens is 1. The van der Waals surface area contributed by atoms with Crippen LogP contribution in [0.4, 0.5) is 4.39 Å². The van der Waals surface area contributed by atoms with Crippen molar-refractivity contribution in [2.75, 3.05) is 0 Å². The molecule has 0 nitrogen and oxygen atoms in total. The SMILES string of the molecule is CC.CC1CC(F)C1.CCCC. The summed E-state index contributed by atoms with van der Waals surface area (Å²) in [7, 11) is 0. The molecule has 0 aromatic heterocycles. The summed E-state index contributed by atoms with van der Waals surface area (Å²) in [6, 6.07) is 0. The number of hydrogen-bond donors (Lipinski definition) is 0. The van der Waals surface area contributed by atoms with Crippen molar-refractivity contribution in [1.82, 2.24) is 0 Å². The summed E-state index contributed by atoms with van der Waals surface area (Å²) in [5.41, 5.74) is 0. The van der Waals surface area contributed by atoms with Gasteiger partial charge in [-0.05, 0) is 18.8 Å². The summed E-state index contributed by atoms with van der Waals surface area (Å²) in [5, 5.41) is 0. The fraction of sp³-hybridized carbons (Fsp3) is 1.00. The lowest BCUT2D eigenvalue weighted by Crippen LogP contribution is -2.21. The molecule has 1 aliphatic carbocycles. The highest BCUT2D eigenvalue weighted by Gasteiger charge is 2.23. The van der Waals surface area contributed by atoms with Gasteiger partial charge in [-0.2, -0.15) is 0 Å². The van der Waals surface area contributed by atoms with Crippen LogP contribution in [0.5, 0.6) is 0 Å². The Kier molecular flexibility index (Phi) is 13.2. The highest BCUT2D eigenvalue weighted by molar-refractivity contribution is 4.74. The van der Waals surface area contributed by atoms with Gasteiger partial charge in [-0.15, -0.1) is 0 Å². The van der Waals surface area contributed by atoms with Crippen LogP contribution in [-0.2, 0) is 0 Å². The summed E-state index contributed by atoms with van der Waals surface area (Å²) in [5.74, 6) is 0.667. The maximum Gasteiger partial charge on any atom is 0.101 e. The zero-order valence-electron chi connectivity index (χ0n) is 9.36. The van der Waals surface area contributed by atoms with Crippen molar-refractivity contribution in [3.63, 3.8) is 0 Å². The molecule has 0 radical (unpaired) electrons. The maximum atomic E-state index is 11.8. The average Bonchev–Trinajstić information content (AvgIpc) is 2.07. The van der Waals surface area contributed by atoms with Gasteiger partial charge in [0.2, 0.25) is 0 Å². The first kappa shape index (κ1) is 14.5. The van der Waals surface area contributed by atoms with E-state index in [0.717, 1.165) is 12.8 Å². The summed E-state index contributed by atoms with van der Waals surface area (Å²) in [4.78, 5) is 0. The Balaban J connectivity index is 0. The molecular formula is C11H25F. The van der Waals surface area contributed by atoms with Crippen molar-refractivity contribution >= 4 is 0 Å². The largest absolute Gasteiger partial charge is 0.247 e. The Hall–Kier alpha value is -0.0700. The Bertz CT molecular complexity index is 57.4. The first-order valence-corrected chi connectivity index (χ1v) is 5.34. The first-order chi connectivity index (χ1) is 5.70. The number of unbranched alkanes of at least 4 members (excludes halogenated alkanes) is 1. The summed E-state index contributed by atoms with van der Waals surface area (Å²) in [6.07, 6.45) is 3.79. The summed E-state index contributed by atoms with van der Waals surface area (Å²) >= 11 is 0. The van der Waals surface area contributed by atoms with E-state index >= 15 is 0 Å². The van der Waals surface area contributed by atoms with Gasteiger partial charge in [0.1, 0.15) is 6.17 Å². The molecule has 1 rings (SSSR count). The van der Waals surface area contributed by atoms with Crippen LogP contribution in [0.25, 0.3) is 0 Å². The maximum absolute atomic E-state index is 11.8. The van der Waals surface area contributed by atoms with Gasteiger partial charge in [0.15, 0.2) is 0 Å². The van der Waals surface area contributed by atoms with E-state index < -0.39 is 6.17 Å². The van der Waals surface area contributed by atoms with E-state index in [1.54, 1.807) is 0 Å². The van der Waals surface area contributed by atoms with E-state index in [0.29, 0.717) is 5.92 Å². The van der Waals surface area contributed by atoms with E-state index in [1.165, 1.54) is 12.8 Å². The molecule has 0 saturated heterocycles. The molecule has 0 spiro atoms. The normalized spacial score (nSPS) is 25.5. The van der Waals surface area contributed by atoms with Gasteiger partial charge in [0.05, 0.1) is 0 Å². The van der Waals surface area contributed by atoms with Gasteiger partial charge in [-0.3, -0.25) is 0 Å². The van der Waals surface area contributed by atoms with Gasteiger partial charge in [-0.25, -0.2) is 4.39 Å². The van der Waals surface area contributed by atoms with Gasteiger partial charge >= 0.3 is 0 Å². The van der Waals surface area contributed by atoms with Crippen molar-refractivity contribution in [3.05, 3.63) is 0 Å². The third-order valence-corrected chi connectivity index (χ3v) is 1.82. The third-order valence-electron chi connectivity index (χ3n) is 1.82. The Morgan fingerprint density at radius 3 is 1.42 bits per heavy atom. The van der Waals surface area contributed by atoms with Gasteiger partial charge in [0, 0.05) is 0 Å². The Labute approximate surface area is 77.6 Å². The lowest BCUT2D eigenvalue weighted by Gasteiger charge is -2.24. The molecule has 0 N–H and O–H groups in total. The first-order valence-electron chi connectivity index (χ1n) is 5.34. The van der Waals surface area contributed by atoms with Gasteiger partial charge < -0.3 is 0 Å². The molecule has 0 unspecified atom stereocenters. The average molecular weight is 176 g/mol. The van der Waals surface area contributed by atoms with Crippen LogP contribution in [0, 0.1) is 5.92 Å². The zero-order chi connectivity index (χ0) is 9.98. The smallest absolute Gasteiger partial charge is 0.101 e. The van der Waals surface area contributed by atoms with Crippen molar-refractivity contribution in [3.8, 4) is 0 Å². The summed E-state index contributed by atoms with van der Waals surface area (Å²) < 4.78 is 11.8. The molecule has 1 heteroatoms. The van der Waals surface area contributed by atoms with Crippen LogP contribution in [0.3, 0.4) is 0 Å². The molecule has 0 aliphatic heterocycles. The molecule has 12 heavy (non-hydrogen) atoms. The molecule has 0 aromatic rings. The second-order valence-corrected chi connectivity index (χ2v) is 3.17. The van der Waals surface area contributed by atoms with E-state index in [4.69, 9.17) is 0 Å². The minimum Gasteiger partial charge on any atom is -0.247 e. The molecule has 1 saturated carbocycles. The lowest BCUT2D eigenvalue weighted by molar-refractivity contribution is 0.144. The van der Waals surface area contributed by atoms with E-state index in [1.807, 2.05) is 13.8 Å². The van der Waals surface area contributed by atoms with Gasteiger partial charge in [0.25, 0.3) is 0 Å². The fourth-order valence-electron chi connectivity index (χ4n) is 0.804. The molecule has 0 amide bonds. The molecule has 0 atom stereocenters. The number of rotatable bonds is 1. The van der Waals surface area contributed by atoms with Crippen LogP contribution in [0.15, 0.2) is 0 Å². The number of alkyl halides is 1. The molecular weight excluding hydrogens is 151 g/mol. The molecule has 1 fully saturated rings. The Morgan fingerprint density at radius 1 is 1.08 bits per heavy atom. The van der Waals surface area contributed by atoms with Gasteiger partial charge in [-0.1, -0.05) is 47.5 Å². The van der Waals surface area contributed by atoms with Crippen LogP contribution < -0.4 is 0 Å². The van der Waals surface area contributed by atoms with Crippen molar-refractivity contribution in [1.29, 1.82) is 0 Å². The Morgan fingerprint density at radius 2 is 1.42 bits per heavy atom. The van der Waals surface area contributed by atoms with Crippen LogP contribution in [0.2, 0.25) is 0 Å². The van der Waals surface area contributed by atoms with Crippen molar-refractivity contribution < 1.29 is 4.39 Å². The monoisotopic (exact) mass is 176 g/mol. The molecule has 0 bridgehead atoms. The number of hydrogen-bond acceptors (Lipinski definition) is 0. The van der Waals surface area contributed by atoms with Crippen LogP contribution in [0.1, 0.15) is 60.3 Å². The predicted octanol–water partition coefficient (Wildman–Crippen LogP) is 4.59. The van der Waals surface area contributed by atoms with E-state index in [9.17, 15) is 4.39 Å². The zero-order valence-corrected chi connectivity index (χ0v) is 9.36. The molecule has 1 aliphatic rings. The topological polar surface area (TPSA) is 0 Å². The molecule has 76 valence electrons. The second kappa shape index (κ2) is 10.9. The molecule has 0 heterocycles.